The zero-order valence-corrected chi connectivity index (χ0v) is 8.31. The number of rotatable bonds is 3. The number of methoxy groups -OCH3 is 1. The van der Waals surface area contributed by atoms with E-state index in [0.717, 1.165) is 25.2 Å². The largest absolute Gasteiger partial charge is 0.468 e. The Hall–Kier alpha value is -1.52. The number of aromatic nitrogens is 2. The molecule has 0 amide bonds. The lowest BCUT2D eigenvalue weighted by atomic mass is 10.0. The summed E-state index contributed by atoms with van der Waals surface area (Å²) in [6.07, 6.45) is 4.09. The van der Waals surface area contributed by atoms with Gasteiger partial charge in [0.15, 0.2) is 5.82 Å². The Labute approximate surface area is 86.5 Å². The molecule has 1 aromatic rings. The fourth-order valence-corrected chi connectivity index (χ4v) is 1.55. The van der Waals surface area contributed by atoms with Crippen LogP contribution in [-0.2, 0) is 9.53 Å². The molecule has 4 nitrogen and oxygen atoms in total. The summed E-state index contributed by atoms with van der Waals surface area (Å²) in [4.78, 5) is 19.1. The molecule has 5 heteroatoms. The van der Waals surface area contributed by atoms with Crippen LogP contribution >= 0.6 is 0 Å². The second-order valence-corrected chi connectivity index (χ2v) is 3.60. The third-order valence-corrected chi connectivity index (χ3v) is 2.47. The predicted octanol–water partition coefficient (Wildman–Crippen LogP) is 1.28. The summed E-state index contributed by atoms with van der Waals surface area (Å²) in [6, 6.07) is 0. The molecule has 1 fully saturated rings. The lowest BCUT2D eigenvalue weighted by Crippen LogP contribution is -2.18. The Morgan fingerprint density at radius 3 is 2.60 bits per heavy atom. The Morgan fingerprint density at radius 2 is 2.13 bits per heavy atom. The highest BCUT2D eigenvalue weighted by Gasteiger charge is 2.39. The van der Waals surface area contributed by atoms with Crippen LogP contribution in [0.3, 0.4) is 0 Å². The van der Waals surface area contributed by atoms with Crippen molar-refractivity contribution in [2.45, 2.75) is 18.8 Å². The number of halogens is 1. The molecule has 0 aliphatic heterocycles. The van der Waals surface area contributed by atoms with Gasteiger partial charge in [-0.2, -0.15) is 0 Å². The first-order chi connectivity index (χ1) is 7.22. The molecule has 1 unspecified atom stereocenters. The normalized spacial score (nSPS) is 17.2. The van der Waals surface area contributed by atoms with Gasteiger partial charge in [-0.3, -0.25) is 4.79 Å². The van der Waals surface area contributed by atoms with Crippen LogP contribution in [0.2, 0.25) is 0 Å². The standard InChI is InChI=1S/C10H11FN2O2/c1-15-10(14)8(6-2-3-6)9-12-4-7(11)5-13-9/h4-6,8H,2-3H2,1H3. The van der Waals surface area contributed by atoms with Crippen molar-refractivity contribution in [2.24, 2.45) is 5.92 Å². The van der Waals surface area contributed by atoms with Crippen molar-refractivity contribution >= 4 is 5.97 Å². The van der Waals surface area contributed by atoms with Gasteiger partial charge in [0.25, 0.3) is 0 Å². The molecule has 0 spiro atoms. The Balaban J connectivity index is 2.24. The van der Waals surface area contributed by atoms with E-state index in [4.69, 9.17) is 0 Å². The number of hydrogen-bond donors (Lipinski definition) is 0. The van der Waals surface area contributed by atoms with Crippen molar-refractivity contribution in [3.8, 4) is 0 Å². The molecule has 1 saturated carbocycles. The van der Waals surface area contributed by atoms with Crippen LogP contribution < -0.4 is 0 Å². The summed E-state index contributed by atoms with van der Waals surface area (Å²) in [6.45, 7) is 0. The Bertz CT molecular complexity index is 362. The molecule has 1 aromatic heterocycles. The minimum absolute atomic E-state index is 0.253. The molecule has 0 N–H and O–H groups in total. The van der Waals surface area contributed by atoms with E-state index in [1.165, 1.54) is 7.11 Å². The van der Waals surface area contributed by atoms with Crippen LogP contribution in [0.15, 0.2) is 12.4 Å². The van der Waals surface area contributed by atoms with Gasteiger partial charge >= 0.3 is 5.97 Å². The van der Waals surface area contributed by atoms with Crippen LogP contribution in [-0.4, -0.2) is 23.0 Å². The van der Waals surface area contributed by atoms with Crippen molar-refractivity contribution in [1.29, 1.82) is 0 Å². The maximum Gasteiger partial charge on any atom is 0.316 e. The van der Waals surface area contributed by atoms with E-state index in [9.17, 15) is 9.18 Å². The Morgan fingerprint density at radius 1 is 1.53 bits per heavy atom. The van der Waals surface area contributed by atoms with Gasteiger partial charge in [-0.15, -0.1) is 0 Å². The van der Waals surface area contributed by atoms with E-state index in [0.29, 0.717) is 5.82 Å². The summed E-state index contributed by atoms with van der Waals surface area (Å²) in [5, 5.41) is 0. The molecule has 1 aliphatic carbocycles. The fraction of sp³-hybridized carbons (Fsp3) is 0.500. The van der Waals surface area contributed by atoms with Gasteiger partial charge in [-0.1, -0.05) is 0 Å². The zero-order valence-electron chi connectivity index (χ0n) is 8.31. The number of carbonyl (C=O) groups excluding carboxylic acids is 1. The molecule has 1 atom stereocenters. The van der Waals surface area contributed by atoms with Gasteiger partial charge in [0, 0.05) is 0 Å². The number of esters is 1. The van der Waals surface area contributed by atoms with Crippen molar-refractivity contribution in [2.75, 3.05) is 7.11 Å². The molecular formula is C10H11FN2O2. The first-order valence-electron chi connectivity index (χ1n) is 4.77. The van der Waals surface area contributed by atoms with E-state index in [-0.39, 0.29) is 11.9 Å². The highest BCUT2D eigenvalue weighted by Crippen LogP contribution is 2.41. The summed E-state index contributed by atoms with van der Waals surface area (Å²) >= 11 is 0. The van der Waals surface area contributed by atoms with Crippen molar-refractivity contribution in [3.63, 3.8) is 0 Å². The van der Waals surface area contributed by atoms with E-state index in [2.05, 4.69) is 14.7 Å². The third-order valence-electron chi connectivity index (χ3n) is 2.47. The van der Waals surface area contributed by atoms with Crippen molar-refractivity contribution in [3.05, 3.63) is 24.0 Å². The summed E-state index contributed by atoms with van der Waals surface area (Å²) in [7, 11) is 1.33. The lowest BCUT2D eigenvalue weighted by molar-refractivity contribution is -0.143. The van der Waals surface area contributed by atoms with Gasteiger partial charge in [-0.05, 0) is 18.8 Å². The summed E-state index contributed by atoms with van der Waals surface area (Å²) in [5.74, 6) is -0.675. The van der Waals surface area contributed by atoms with Gasteiger partial charge in [0.1, 0.15) is 11.7 Å². The molecule has 0 saturated heterocycles. The SMILES string of the molecule is COC(=O)C(c1ncc(F)cn1)C1CC1. The molecule has 1 aliphatic rings. The molecule has 0 radical (unpaired) electrons. The predicted molar refractivity (Wildman–Crippen MR) is 49.5 cm³/mol. The maximum atomic E-state index is 12.6. The van der Waals surface area contributed by atoms with Crippen molar-refractivity contribution < 1.29 is 13.9 Å². The Kier molecular flexibility index (Phi) is 2.62. The molecular weight excluding hydrogens is 199 g/mol. The molecule has 0 aromatic carbocycles. The zero-order chi connectivity index (χ0) is 10.8. The van der Waals surface area contributed by atoms with Gasteiger partial charge < -0.3 is 4.74 Å². The molecule has 0 bridgehead atoms. The highest BCUT2D eigenvalue weighted by atomic mass is 19.1. The van der Waals surface area contributed by atoms with Crippen LogP contribution in [0.25, 0.3) is 0 Å². The average molecular weight is 210 g/mol. The lowest BCUT2D eigenvalue weighted by Gasteiger charge is -2.11. The molecule has 1 heterocycles. The smallest absolute Gasteiger partial charge is 0.316 e. The van der Waals surface area contributed by atoms with E-state index in [1.807, 2.05) is 0 Å². The van der Waals surface area contributed by atoms with Gasteiger partial charge in [0.05, 0.1) is 19.5 Å². The first kappa shape index (κ1) is 10.0. The van der Waals surface area contributed by atoms with Gasteiger partial charge in [-0.25, -0.2) is 14.4 Å². The quantitative estimate of drug-likeness (QED) is 0.705. The number of hydrogen-bond acceptors (Lipinski definition) is 4. The molecule has 2 rings (SSSR count). The van der Waals surface area contributed by atoms with Crippen LogP contribution in [0.5, 0.6) is 0 Å². The molecule has 80 valence electrons. The maximum absolute atomic E-state index is 12.6. The summed E-state index contributed by atoms with van der Waals surface area (Å²) < 4.78 is 17.3. The third kappa shape index (κ3) is 2.11. The minimum Gasteiger partial charge on any atom is -0.468 e. The fourth-order valence-electron chi connectivity index (χ4n) is 1.55. The first-order valence-corrected chi connectivity index (χ1v) is 4.77. The average Bonchev–Trinajstić information content (AvgIpc) is 3.05. The van der Waals surface area contributed by atoms with Crippen LogP contribution in [0.1, 0.15) is 24.6 Å². The summed E-state index contributed by atoms with van der Waals surface area (Å²) in [5.41, 5.74) is 0. The van der Waals surface area contributed by atoms with E-state index in [1.54, 1.807) is 0 Å². The topological polar surface area (TPSA) is 52.1 Å². The van der Waals surface area contributed by atoms with E-state index < -0.39 is 11.7 Å². The molecule has 15 heavy (non-hydrogen) atoms. The second-order valence-electron chi connectivity index (χ2n) is 3.60. The van der Waals surface area contributed by atoms with Gasteiger partial charge in [0.2, 0.25) is 0 Å². The number of nitrogens with zero attached hydrogens (tertiary/aromatic N) is 2. The number of carbonyl (C=O) groups is 1. The second kappa shape index (κ2) is 3.92. The highest BCUT2D eigenvalue weighted by molar-refractivity contribution is 5.77. The van der Waals surface area contributed by atoms with Crippen molar-refractivity contribution in [1.82, 2.24) is 9.97 Å². The monoisotopic (exact) mass is 210 g/mol. The van der Waals surface area contributed by atoms with Crippen LogP contribution in [0, 0.1) is 11.7 Å². The number of ether oxygens (including phenoxy) is 1. The van der Waals surface area contributed by atoms with Crippen LogP contribution in [0.4, 0.5) is 4.39 Å². The minimum atomic E-state index is -0.502. The van der Waals surface area contributed by atoms with E-state index >= 15 is 0 Å².